The zero-order chi connectivity index (χ0) is 39.8. The molecule has 4 fully saturated rings. The highest BCUT2D eigenvalue weighted by molar-refractivity contribution is 5.87. The Hall–Kier alpha value is -5.08. The Labute approximate surface area is 350 Å². The van der Waals surface area contributed by atoms with Crippen molar-refractivity contribution in [3.8, 4) is 33.8 Å². The lowest BCUT2D eigenvalue weighted by atomic mass is 9.26. The fraction of sp³-hybridized carbons (Fsp3) is 0.368. The van der Waals surface area contributed by atoms with E-state index < -0.39 is 0 Å². The van der Waals surface area contributed by atoms with Crippen LogP contribution in [0.1, 0.15) is 113 Å². The fourth-order valence-electron chi connectivity index (χ4n) is 15.2. The van der Waals surface area contributed by atoms with Crippen LogP contribution in [0.25, 0.3) is 22.3 Å². The van der Waals surface area contributed by atoms with Crippen LogP contribution in [0, 0.1) is 29.1 Å². The molecule has 0 aromatic heterocycles. The minimum atomic E-state index is -0.0819. The van der Waals surface area contributed by atoms with Crippen molar-refractivity contribution in [3.63, 3.8) is 0 Å². The van der Waals surface area contributed by atoms with Gasteiger partial charge in [0.25, 0.3) is 0 Å². The first-order chi connectivity index (χ1) is 28.4. The van der Waals surface area contributed by atoms with Gasteiger partial charge >= 0.3 is 0 Å². The SMILES string of the molecule is CC1(C)CCC(C)(C)c2c(N(c3ccc(-c4ccc5c(c4)C4(c6ccccc6O5)C5CC6CC7CC4C75C6)cc3)c3ccc4c(c3)C(C)(C)c3ccccc3-4)cccc21. The number of anilines is 3. The highest BCUT2D eigenvalue weighted by Crippen LogP contribution is 2.89. The van der Waals surface area contributed by atoms with Gasteiger partial charge in [0.15, 0.2) is 0 Å². The van der Waals surface area contributed by atoms with E-state index in [0.29, 0.717) is 5.41 Å². The molecule has 6 unspecified atom stereocenters. The first kappa shape index (κ1) is 34.8. The van der Waals surface area contributed by atoms with Gasteiger partial charge in [-0.25, -0.2) is 0 Å². The molecular formula is C57H55NO. The molecule has 2 spiro atoms. The van der Waals surface area contributed by atoms with Gasteiger partial charge in [0.2, 0.25) is 0 Å². The molecule has 4 saturated carbocycles. The summed E-state index contributed by atoms with van der Waals surface area (Å²) in [5.41, 5.74) is 18.5. The smallest absolute Gasteiger partial charge is 0.131 e. The van der Waals surface area contributed by atoms with E-state index in [-0.39, 0.29) is 21.7 Å². The molecule has 2 heteroatoms. The predicted octanol–water partition coefficient (Wildman–Crippen LogP) is 14.9. The summed E-state index contributed by atoms with van der Waals surface area (Å²) in [5.74, 6) is 5.53. The Balaban J connectivity index is 0.946. The summed E-state index contributed by atoms with van der Waals surface area (Å²) in [6, 6.07) is 49.1. The molecule has 294 valence electrons. The van der Waals surface area contributed by atoms with E-state index in [9.17, 15) is 0 Å². The van der Waals surface area contributed by atoms with Crippen LogP contribution >= 0.6 is 0 Å². The second-order valence-corrected chi connectivity index (χ2v) is 21.6. The molecule has 6 atom stereocenters. The van der Waals surface area contributed by atoms with E-state index in [1.165, 1.54) is 111 Å². The van der Waals surface area contributed by atoms with Crippen molar-refractivity contribution in [3.05, 3.63) is 161 Å². The zero-order valence-corrected chi connectivity index (χ0v) is 35.5. The van der Waals surface area contributed by atoms with Gasteiger partial charge in [-0.1, -0.05) is 120 Å². The average Bonchev–Trinajstić information content (AvgIpc) is 3.85. The molecule has 0 N–H and O–H groups in total. The van der Waals surface area contributed by atoms with Gasteiger partial charge in [-0.05, 0) is 171 Å². The highest BCUT2D eigenvalue weighted by atomic mass is 16.5. The molecule has 6 aliphatic carbocycles. The molecular weight excluding hydrogens is 715 g/mol. The Morgan fingerprint density at radius 1 is 0.525 bits per heavy atom. The minimum absolute atomic E-state index is 0.0467. The molecule has 0 radical (unpaired) electrons. The summed E-state index contributed by atoms with van der Waals surface area (Å²) in [7, 11) is 0. The third-order valence-corrected chi connectivity index (χ3v) is 17.8. The summed E-state index contributed by atoms with van der Waals surface area (Å²) in [5, 5.41) is 0. The van der Waals surface area contributed by atoms with Crippen LogP contribution in [0.5, 0.6) is 11.5 Å². The predicted molar refractivity (Wildman–Crippen MR) is 242 cm³/mol. The van der Waals surface area contributed by atoms with E-state index in [0.717, 1.165) is 35.2 Å². The summed E-state index contributed by atoms with van der Waals surface area (Å²) in [4.78, 5) is 2.58. The van der Waals surface area contributed by atoms with Gasteiger partial charge < -0.3 is 9.64 Å². The molecule has 1 heterocycles. The minimum Gasteiger partial charge on any atom is -0.457 e. The Bertz CT molecular complexity index is 2790. The van der Waals surface area contributed by atoms with Crippen LogP contribution in [0.15, 0.2) is 127 Å². The van der Waals surface area contributed by atoms with Crippen molar-refractivity contribution in [2.75, 3.05) is 4.90 Å². The summed E-state index contributed by atoms with van der Waals surface area (Å²) < 4.78 is 6.78. The summed E-state index contributed by atoms with van der Waals surface area (Å²) in [6.45, 7) is 14.6. The van der Waals surface area contributed by atoms with Gasteiger partial charge in [0, 0.05) is 33.3 Å². The van der Waals surface area contributed by atoms with E-state index in [1.807, 2.05) is 0 Å². The maximum atomic E-state index is 6.78. The molecule has 0 amide bonds. The number of hydrogen-bond donors (Lipinski definition) is 0. The van der Waals surface area contributed by atoms with Crippen LogP contribution < -0.4 is 9.64 Å². The lowest BCUT2D eigenvalue weighted by Crippen LogP contribution is -2.74. The zero-order valence-electron chi connectivity index (χ0n) is 35.5. The van der Waals surface area contributed by atoms with Gasteiger partial charge in [-0.2, -0.15) is 0 Å². The topological polar surface area (TPSA) is 12.5 Å². The molecule has 2 bridgehead atoms. The molecule has 0 saturated heterocycles. The third kappa shape index (κ3) is 4.19. The number of benzene rings is 6. The Morgan fingerprint density at radius 2 is 1.20 bits per heavy atom. The van der Waals surface area contributed by atoms with Crippen molar-refractivity contribution in [1.29, 1.82) is 0 Å². The number of ether oxygens (including phenoxy) is 1. The number of para-hydroxylation sites is 1. The molecule has 7 aliphatic rings. The molecule has 13 rings (SSSR count). The van der Waals surface area contributed by atoms with E-state index >= 15 is 0 Å². The number of hydrogen-bond acceptors (Lipinski definition) is 2. The quantitative estimate of drug-likeness (QED) is 0.177. The summed E-state index contributed by atoms with van der Waals surface area (Å²) >= 11 is 0. The number of fused-ring (bicyclic) bond motifs is 11. The van der Waals surface area contributed by atoms with Crippen molar-refractivity contribution in [1.82, 2.24) is 0 Å². The lowest BCUT2D eigenvalue weighted by molar-refractivity contribution is -0.235. The lowest BCUT2D eigenvalue weighted by Gasteiger charge is -2.77. The van der Waals surface area contributed by atoms with Crippen molar-refractivity contribution in [2.45, 2.75) is 102 Å². The first-order valence-corrected chi connectivity index (χ1v) is 22.6. The highest BCUT2D eigenvalue weighted by Gasteiger charge is 2.84. The van der Waals surface area contributed by atoms with Crippen molar-refractivity contribution in [2.24, 2.45) is 29.1 Å². The average molecular weight is 770 g/mol. The van der Waals surface area contributed by atoms with Gasteiger partial charge in [-0.3, -0.25) is 0 Å². The first-order valence-electron chi connectivity index (χ1n) is 22.6. The molecule has 59 heavy (non-hydrogen) atoms. The molecule has 6 aromatic rings. The monoisotopic (exact) mass is 769 g/mol. The largest absolute Gasteiger partial charge is 0.457 e. The maximum Gasteiger partial charge on any atom is 0.131 e. The van der Waals surface area contributed by atoms with Crippen molar-refractivity contribution >= 4 is 17.1 Å². The number of rotatable bonds is 4. The van der Waals surface area contributed by atoms with Crippen molar-refractivity contribution < 1.29 is 4.74 Å². The van der Waals surface area contributed by atoms with Crippen LogP contribution in [0.2, 0.25) is 0 Å². The third-order valence-electron chi connectivity index (χ3n) is 17.8. The van der Waals surface area contributed by atoms with Crippen LogP contribution in [-0.4, -0.2) is 0 Å². The Morgan fingerprint density at radius 3 is 2.03 bits per heavy atom. The van der Waals surface area contributed by atoms with Crippen LogP contribution in [0.3, 0.4) is 0 Å². The maximum absolute atomic E-state index is 6.78. The summed E-state index contributed by atoms with van der Waals surface area (Å²) in [6.07, 6.45) is 8.09. The molecule has 1 aliphatic heterocycles. The van der Waals surface area contributed by atoms with Gasteiger partial charge in [0.05, 0.1) is 5.69 Å². The number of nitrogens with zero attached hydrogens (tertiary/aromatic N) is 1. The second-order valence-electron chi connectivity index (χ2n) is 21.6. The second kappa shape index (κ2) is 11.2. The standard InChI is InChI=1S/C57H55NO/c1-53(2)26-27-54(3,4)52-44(53)15-11-16-47(52)58(39-23-24-41-40-12-7-8-13-42(40)55(5,6)45(41)32-39)38-21-18-35(19-22-38)36-20-25-49-46(30-36)57(43-14-9-10-17-48(43)59-49)50-29-34-28-37-31-51(57)56(37,50)33-34/h7-25,30,32,34,37,50-51H,26-29,31,33H2,1-6H3. The van der Waals surface area contributed by atoms with Crippen LogP contribution in [0.4, 0.5) is 17.1 Å². The fourth-order valence-corrected chi connectivity index (χ4v) is 15.2. The van der Waals surface area contributed by atoms with E-state index in [2.05, 4.69) is 174 Å². The molecule has 2 nitrogen and oxygen atoms in total. The van der Waals surface area contributed by atoms with Crippen LogP contribution in [-0.2, 0) is 21.7 Å². The Kier molecular flexibility index (Phi) is 6.59. The normalized spacial score (nSPS) is 29.5. The van der Waals surface area contributed by atoms with E-state index in [1.54, 1.807) is 0 Å². The molecule has 6 aromatic carbocycles. The van der Waals surface area contributed by atoms with Gasteiger partial charge in [-0.15, -0.1) is 0 Å². The van der Waals surface area contributed by atoms with Gasteiger partial charge in [0.1, 0.15) is 11.5 Å². The van der Waals surface area contributed by atoms with E-state index in [4.69, 9.17) is 4.74 Å².